The monoisotopic (exact) mass is 276 g/mol. The molecule has 0 fully saturated rings. The Balaban J connectivity index is 2.55. The molecule has 0 saturated heterocycles. The molecule has 0 heterocycles. The third-order valence-electron chi connectivity index (χ3n) is 2.28. The Morgan fingerprint density at radius 1 is 1.10 bits per heavy atom. The predicted molar refractivity (Wildman–Crippen MR) is 73.0 cm³/mol. The van der Waals surface area contributed by atoms with Crippen LogP contribution in [-0.4, -0.2) is 24.4 Å². The minimum absolute atomic E-state index is 0.0879. The van der Waals surface area contributed by atoms with Gasteiger partial charge in [0.15, 0.2) is 0 Å². The molecule has 0 bridgehead atoms. The molecule has 0 aromatic heterocycles. The van der Waals surface area contributed by atoms with Crippen LogP contribution in [0.25, 0.3) is 0 Å². The van der Waals surface area contributed by atoms with Crippen LogP contribution in [-0.2, 0) is 19.1 Å². The summed E-state index contributed by atoms with van der Waals surface area (Å²) in [7, 11) is 0. The Morgan fingerprint density at radius 3 is 2.50 bits per heavy atom. The lowest BCUT2D eigenvalue weighted by Crippen LogP contribution is -2.45. The van der Waals surface area contributed by atoms with Crippen molar-refractivity contribution in [3.8, 4) is 0 Å². The first-order valence-electron chi connectivity index (χ1n) is 6.05. The second kappa shape index (κ2) is 7.73. The van der Waals surface area contributed by atoms with E-state index in [1.165, 1.54) is 0 Å². The van der Waals surface area contributed by atoms with Gasteiger partial charge in [-0.25, -0.2) is 4.79 Å². The lowest BCUT2D eigenvalue weighted by Gasteiger charge is -2.07. The van der Waals surface area contributed by atoms with Gasteiger partial charge in [-0.2, -0.15) is 0 Å². The second-order valence-corrected chi connectivity index (χ2v) is 3.88. The number of amides is 2. The van der Waals surface area contributed by atoms with E-state index in [0.717, 1.165) is 5.57 Å². The number of hydrogen-bond acceptors (Lipinski definition) is 4. The van der Waals surface area contributed by atoms with Crippen molar-refractivity contribution in [3.05, 3.63) is 47.6 Å². The van der Waals surface area contributed by atoms with E-state index < -0.39 is 17.8 Å². The highest BCUT2D eigenvalue weighted by Crippen LogP contribution is 2.05. The smallest absolute Gasteiger partial charge is 0.398 e. The Bertz CT molecular complexity index is 527. The highest BCUT2D eigenvalue weighted by molar-refractivity contribution is 6.32. The van der Waals surface area contributed by atoms with Crippen molar-refractivity contribution in [2.24, 2.45) is 0 Å². The molecule has 0 atom stereocenters. The third-order valence-corrected chi connectivity index (χ3v) is 2.28. The molecule has 0 saturated carbocycles. The maximum atomic E-state index is 11.8. The minimum atomic E-state index is -1.05. The van der Waals surface area contributed by atoms with Crippen LogP contribution in [0.1, 0.15) is 13.8 Å². The summed E-state index contributed by atoms with van der Waals surface area (Å²) < 4.78 is 4.48. The first-order valence-corrected chi connectivity index (χ1v) is 6.05. The number of nitrogens with one attached hydrogen (secondary N) is 2. The zero-order chi connectivity index (χ0) is 15.0. The average molecular weight is 276 g/mol. The maximum Gasteiger partial charge on any atom is 0.398 e. The van der Waals surface area contributed by atoms with E-state index in [0.29, 0.717) is 5.57 Å². The van der Waals surface area contributed by atoms with E-state index in [1.807, 2.05) is 24.5 Å². The average Bonchev–Trinajstić information content (AvgIpc) is 2.39. The van der Waals surface area contributed by atoms with Crippen LogP contribution in [0.4, 0.5) is 0 Å². The van der Waals surface area contributed by atoms with E-state index in [-0.39, 0.29) is 6.61 Å². The molecule has 0 spiro atoms. The summed E-state index contributed by atoms with van der Waals surface area (Å²) >= 11 is 0. The summed E-state index contributed by atoms with van der Waals surface area (Å²) in [5, 5.41) is 0. The van der Waals surface area contributed by atoms with Crippen molar-refractivity contribution in [1.29, 1.82) is 0 Å². The van der Waals surface area contributed by atoms with Gasteiger partial charge in [-0.05, 0) is 26.0 Å². The molecule has 2 N–H and O–H groups in total. The Hall–Kier alpha value is -2.63. The summed E-state index contributed by atoms with van der Waals surface area (Å²) in [6.45, 7) is 3.60. The van der Waals surface area contributed by atoms with Crippen molar-refractivity contribution in [2.75, 3.05) is 6.61 Å². The molecule has 0 aliphatic heterocycles. The number of carbonyl (C=O) groups excluding carboxylic acids is 3. The fourth-order valence-electron chi connectivity index (χ4n) is 1.30. The second-order valence-electron chi connectivity index (χ2n) is 3.88. The van der Waals surface area contributed by atoms with Crippen LogP contribution in [0.15, 0.2) is 47.6 Å². The largest absolute Gasteiger partial charge is 0.459 e. The summed E-state index contributed by atoms with van der Waals surface area (Å²) in [6, 6.07) is 0. The van der Waals surface area contributed by atoms with Crippen molar-refractivity contribution < 1.29 is 19.1 Å². The zero-order valence-electron chi connectivity index (χ0n) is 11.3. The summed E-state index contributed by atoms with van der Waals surface area (Å²) in [6.07, 6.45) is 10.3. The fraction of sp³-hybridized carbons (Fsp3) is 0.214. The van der Waals surface area contributed by atoms with Crippen molar-refractivity contribution in [1.82, 2.24) is 10.9 Å². The van der Waals surface area contributed by atoms with Gasteiger partial charge in [-0.15, -0.1) is 0 Å². The zero-order valence-corrected chi connectivity index (χ0v) is 11.3. The van der Waals surface area contributed by atoms with Gasteiger partial charge in [0.25, 0.3) is 5.91 Å². The van der Waals surface area contributed by atoms with Crippen LogP contribution in [0.3, 0.4) is 0 Å². The van der Waals surface area contributed by atoms with Crippen LogP contribution < -0.4 is 10.9 Å². The Kier molecular flexibility index (Phi) is 5.96. The van der Waals surface area contributed by atoms with Gasteiger partial charge in [-0.1, -0.05) is 29.9 Å². The Morgan fingerprint density at radius 2 is 1.80 bits per heavy atom. The lowest BCUT2D eigenvalue weighted by molar-refractivity contribution is -0.155. The molecule has 0 aromatic rings. The molecule has 1 aliphatic rings. The normalized spacial score (nSPS) is 21.9. The van der Waals surface area contributed by atoms with Crippen molar-refractivity contribution >= 4 is 17.8 Å². The summed E-state index contributed by atoms with van der Waals surface area (Å²) in [4.78, 5) is 34.0. The van der Waals surface area contributed by atoms with Gasteiger partial charge in [0, 0.05) is 5.57 Å². The van der Waals surface area contributed by atoms with Crippen molar-refractivity contribution in [3.63, 3.8) is 0 Å². The minimum Gasteiger partial charge on any atom is -0.459 e. The molecule has 20 heavy (non-hydrogen) atoms. The number of esters is 1. The standard InChI is InChI=1S/C14H16N2O4/c1-3-20-14(19)13(18)16-15-12(17)11-8-4-6-10(2)7-5-9-11/h4-9H,3H2,1-2H3,(H,15,17)(H,16,18)/b6-4-,7-5?,8-4?,9-5-,10-6?,10-7-,11-8+,11-9?. The quantitative estimate of drug-likeness (QED) is 0.441. The molecular formula is C14H16N2O4. The maximum absolute atomic E-state index is 11.8. The van der Waals surface area contributed by atoms with Crippen LogP contribution in [0.5, 0.6) is 0 Å². The van der Waals surface area contributed by atoms with Crippen LogP contribution in [0, 0.1) is 0 Å². The fourth-order valence-corrected chi connectivity index (χ4v) is 1.30. The van der Waals surface area contributed by atoms with Gasteiger partial charge in [0.05, 0.1) is 6.61 Å². The molecule has 1 aliphatic carbocycles. The molecule has 0 aromatic carbocycles. The van der Waals surface area contributed by atoms with Crippen molar-refractivity contribution in [2.45, 2.75) is 13.8 Å². The predicted octanol–water partition coefficient (Wildman–Crippen LogP) is 0.696. The number of ether oxygens (including phenoxy) is 1. The molecular weight excluding hydrogens is 260 g/mol. The first kappa shape index (κ1) is 15.4. The summed E-state index contributed by atoms with van der Waals surface area (Å²) in [5.41, 5.74) is 5.51. The topological polar surface area (TPSA) is 84.5 Å². The van der Waals surface area contributed by atoms with Gasteiger partial charge >= 0.3 is 11.9 Å². The molecule has 6 heteroatoms. The molecule has 1 rings (SSSR count). The number of allylic oxidation sites excluding steroid dienone is 6. The molecule has 0 unspecified atom stereocenters. The van der Waals surface area contributed by atoms with E-state index in [2.05, 4.69) is 10.2 Å². The number of rotatable bonds is 2. The van der Waals surface area contributed by atoms with Gasteiger partial charge in [0.2, 0.25) is 0 Å². The van der Waals surface area contributed by atoms with E-state index in [9.17, 15) is 14.4 Å². The molecule has 6 nitrogen and oxygen atoms in total. The first-order chi connectivity index (χ1) is 9.54. The Labute approximate surface area is 116 Å². The van der Waals surface area contributed by atoms with Gasteiger partial charge < -0.3 is 4.74 Å². The van der Waals surface area contributed by atoms with Gasteiger partial charge in [-0.3, -0.25) is 20.4 Å². The highest BCUT2D eigenvalue weighted by atomic mass is 16.5. The van der Waals surface area contributed by atoms with E-state index in [1.54, 1.807) is 31.2 Å². The van der Waals surface area contributed by atoms with Gasteiger partial charge in [0.1, 0.15) is 0 Å². The highest BCUT2D eigenvalue weighted by Gasteiger charge is 2.15. The molecule has 0 radical (unpaired) electrons. The molecule has 2 amide bonds. The number of hydrogen-bond donors (Lipinski definition) is 2. The van der Waals surface area contributed by atoms with E-state index in [4.69, 9.17) is 0 Å². The number of hydrazine groups is 1. The molecule has 106 valence electrons. The third kappa shape index (κ3) is 4.93. The summed E-state index contributed by atoms with van der Waals surface area (Å²) in [5.74, 6) is -2.60. The van der Waals surface area contributed by atoms with E-state index >= 15 is 0 Å². The van der Waals surface area contributed by atoms with Crippen LogP contribution in [0.2, 0.25) is 0 Å². The lowest BCUT2D eigenvalue weighted by atomic mass is 10.1. The number of carbonyl (C=O) groups is 3. The SMILES string of the molecule is CCOC(=O)C(=O)NNC(=O)C1=C/C=C\C(C)=C/C=C\1. The van der Waals surface area contributed by atoms with Crippen LogP contribution >= 0.6 is 0 Å².